The maximum Gasteiger partial charge on any atom is 0.0931 e. The van der Waals surface area contributed by atoms with Crippen molar-refractivity contribution in [3.05, 3.63) is 24.0 Å². The van der Waals surface area contributed by atoms with Gasteiger partial charge >= 0.3 is 0 Å². The summed E-state index contributed by atoms with van der Waals surface area (Å²) in [6.45, 7) is 3.82. The third kappa shape index (κ3) is 4.71. The maximum absolute atomic E-state index is 9.37. The van der Waals surface area contributed by atoms with E-state index in [1.54, 1.807) is 6.92 Å². The van der Waals surface area contributed by atoms with E-state index in [0.29, 0.717) is 0 Å². The summed E-state index contributed by atoms with van der Waals surface area (Å²) >= 11 is 0. The first-order chi connectivity index (χ1) is 8.00. The van der Waals surface area contributed by atoms with Crippen molar-refractivity contribution < 1.29 is 5.11 Å². The van der Waals surface area contributed by atoms with Gasteiger partial charge < -0.3 is 14.9 Å². The molecule has 1 rings (SSSR count). The molecule has 0 aliphatic rings. The molecule has 0 fully saturated rings. The Hall–Kier alpha value is -1.13. The van der Waals surface area contributed by atoms with Crippen LogP contribution in [0.3, 0.4) is 0 Å². The molecule has 0 saturated carbocycles. The molecule has 0 spiro atoms. The van der Waals surface area contributed by atoms with Crippen LogP contribution in [-0.2, 0) is 0 Å². The largest absolute Gasteiger partial charge is 0.387 e. The summed E-state index contributed by atoms with van der Waals surface area (Å²) in [5.74, 6) is 0. The highest BCUT2D eigenvalue weighted by Crippen LogP contribution is 2.15. The van der Waals surface area contributed by atoms with Crippen LogP contribution in [-0.4, -0.2) is 49.2 Å². The molecule has 1 aromatic rings. The van der Waals surface area contributed by atoms with Crippen LogP contribution in [0.4, 0.5) is 5.69 Å². The molecule has 4 heteroatoms. The summed E-state index contributed by atoms with van der Waals surface area (Å²) in [5.41, 5.74) is 1.81. The molecule has 0 aliphatic heterocycles. The zero-order valence-corrected chi connectivity index (χ0v) is 11.2. The first-order valence-corrected chi connectivity index (χ1v) is 6.00. The van der Waals surface area contributed by atoms with Crippen molar-refractivity contribution in [2.24, 2.45) is 0 Å². The normalized spacial score (nSPS) is 12.8. The summed E-state index contributed by atoms with van der Waals surface area (Å²) in [7, 11) is 6.23. The van der Waals surface area contributed by atoms with E-state index in [9.17, 15) is 5.11 Å². The predicted molar refractivity (Wildman–Crippen MR) is 71.3 cm³/mol. The molecule has 0 saturated heterocycles. The molecule has 1 aromatic heterocycles. The third-order valence-corrected chi connectivity index (χ3v) is 2.74. The number of aromatic nitrogens is 1. The Balaban J connectivity index is 2.48. The quantitative estimate of drug-likeness (QED) is 0.814. The van der Waals surface area contributed by atoms with Gasteiger partial charge in [-0.1, -0.05) is 0 Å². The van der Waals surface area contributed by atoms with Gasteiger partial charge in [0.05, 0.1) is 23.7 Å². The number of hydrogen-bond acceptors (Lipinski definition) is 4. The molecule has 1 heterocycles. The molecule has 0 bridgehead atoms. The monoisotopic (exact) mass is 237 g/mol. The van der Waals surface area contributed by atoms with Crippen LogP contribution in [0, 0.1) is 0 Å². The van der Waals surface area contributed by atoms with Gasteiger partial charge in [-0.25, -0.2) is 0 Å². The van der Waals surface area contributed by atoms with Gasteiger partial charge in [0.2, 0.25) is 0 Å². The lowest BCUT2D eigenvalue weighted by Crippen LogP contribution is -2.23. The van der Waals surface area contributed by atoms with Crippen LogP contribution in [0.2, 0.25) is 0 Å². The van der Waals surface area contributed by atoms with Crippen molar-refractivity contribution in [1.29, 1.82) is 0 Å². The minimum Gasteiger partial charge on any atom is -0.387 e. The van der Waals surface area contributed by atoms with E-state index in [0.717, 1.165) is 30.9 Å². The van der Waals surface area contributed by atoms with Crippen molar-refractivity contribution >= 4 is 5.69 Å². The van der Waals surface area contributed by atoms with Gasteiger partial charge in [0.1, 0.15) is 0 Å². The van der Waals surface area contributed by atoms with Crippen LogP contribution >= 0.6 is 0 Å². The highest BCUT2D eigenvalue weighted by Gasteiger charge is 2.04. The fourth-order valence-electron chi connectivity index (χ4n) is 1.62. The van der Waals surface area contributed by atoms with Crippen LogP contribution in [0.15, 0.2) is 18.3 Å². The van der Waals surface area contributed by atoms with Gasteiger partial charge in [0, 0.05) is 13.6 Å². The van der Waals surface area contributed by atoms with Gasteiger partial charge in [-0.15, -0.1) is 0 Å². The second kappa shape index (κ2) is 6.57. The van der Waals surface area contributed by atoms with E-state index in [-0.39, 0.29) is 0 Å². The summed E-state index contributed by atoms with van der Waals surface area (Å²) < 4.78 is 0. The number of aliphatic hydroxyl groups is 1. The molecule has 96 valence electrons. The van der Waals surface area contributed by atoms with Crippen molar-refractivity contribution in [3.63, 3.8) is 0 Å². The maximum atomic E-state index is 9.37. The number of hydrogen-bond donors (Lipinski definition) is 1. The van der Waals surface area contributed by atoms with E-state index in [1.165, 1.54) is 0 Å². The minimum absolute atomic E-state index is 0.497. The van der Waals surface area contributed by atoms with E-state index < -0.39 is 6.10 Å². The van der Waals surface area contributed by atoms with E-state index in [2.05, 4.69) is 35.9 Å². The molecule has 4 nitrogen and oxygen atoms in total. The molecule has 17 heavy (non-hydrogen) atoms. The Morgan fingerprint density at radius 3 is 2.41 bits per heavy atom. The smallest absolute Gasteiger partial charge is 0.0931 e. The number of aliphatic hydroxyl groups excluding tert-OH is 1. The number of anilines is 1. The Morgan fingerprint density at radius 2 is 1.94 bits per heavy atom. The minimum atomic E-state index is -0.497. The lowest BCUT2D eigenvalue weighted by Gasteiger charge is -2.20. The zero-order chi connectivity index (χ0) is 12.8. The van der Waals surface area contributed by atoms with Crippen LogP contribution < -0.4 is 4.90 Å². The molecule has 0 amide bonds. The second-order valence-corrected chi connectivity index (χ2v) is 4.70. The number of nitrogens with zero attached hydrogens (tertiary/aromatic N) is 3. The second-order valence-electron chi connectivity index (χ2n) is 4.70. The lowest BCUT2D eigenvalue weighted by molar-refractivity contribution is 0.194. The highest BCUT2D eigenvalue weighted by atomic mass is 16.3. The average Bonchev–Trinajstić information content (AvgIpc) is 2.28. The molecular formula is C13H23N3O. The molecule has 0 unspecified atom stereocenters. The van der Waals surface area contributed by atoms with Crippen LogP contribution in [0.5, 0.6) is 0 Å². The zero-order valence-electron chi connectivity index (χ0n) is 11.2. The van der Waals surface area contributed by atoms with Crippen molar-refractivity contribution in [1.82, 2.24) is 9.88 Å². The standard InChI is InChI=1S/C13H23N3O/c1-11(17)13-7-6-12(10-14-13)16(4)9-5-8-15(2)3/h6-7,10-11,17H,5,8-9H2,1-4H3/t11-/m0/s1. The Bertz CT molecular complexity index is 322. The molecule has 1 atom stereocenters. The van der Waals surface area contributed by atoms with Crippen LogP contribution in [0.25, 0.3) is 0 Å². The lowest BCUT2D eigenvalue weighted by atomic mass is 10.2. The summed E-state index contributed by atoms with van der Waals surface area (Å²) in [6, 6.07) is 3.88. The van der Waals surface area contributed by atoms with Crippen molar-refractivity contribution in [2.75, 3.05) is 39.1 Å². The molecule has 0 radical (unpaired) electrons. The van der Waals surface area contributed by atoms with Gasteiger partial charge in [-0.3, -0.25) is 4.98 Å². The third-order valence-electron chi connectivity index (χ3n) is 2.74. The van der Waals surface area contributed by atoms with Crippen molar-refractivity contribution in [3.8, 4) is 0 Å². The SMILES string of the molecule is C[C@H](O)c1ccc(N(C)CCCN(C)C)cn1. The first-order valence-electron chi connectivity index (χ1n) is 6.00. The molecule has 1 N–H and O–H groups in total. The molecule has 0 aromatic carbocycles. The fraction of sp³-hybridized carbons (Fsp3) is 0.615. The van der Waals surface area contributed by atoms with Gasteiger partial charge in [0.15, 0.2) is 0 Å². The van der Waals surface area contributed by atoms with E-state index in [4.69, 9.17) is 0 Å². The summed E-state index contributed by atoms with van der Waals surface area (Å²) in [6.07, 6.45) is 2.45. The van der Waals surface area contributed by atoms with Gasteiger partial charge in [-0.2, -0.15) is 0 Å². The van der Waals surface area contributed by atoms with E-state index in [1.807, 2.05) is 18.3 Å². The molecule has 0 aliphatic carbocycles. The van der Waals surface area contributed by atoms with Crippen LogP contribution in [0.1, 0.15) is 25.1 Å². The topological polar surface area (TPSA) is 39.6 Å². The van der Waals surface area contributed by atoms with Crippen molar-refractivity contribution in [2.45, 2.75) is 19.4 Å². The summed E-state index contributed by atoms with van der Waals surface area (Å²) in [5, 5.41) is 9.37. The van der Waals surface area contributed by atoms with E-state index >= 15 is 0 Å². The Morgan fingerprint density at radius 1 is 1.24 bits per heavy atom. The Labute approximate surface area is 104 Å². The number of rotatable bonds is 6. The number of pyridine rings is 1. The fourth-order valence-corrected chi connectivity index (χ4v) is 1.62. The molecular weight excluding hydrogens is 214 g/mol. The highest BCUT2D eigenvalue weighted by molar-refractivity contribution is 5.43. The predicted octanol–water partition coefficient (Wildman–Crippen LogP) is 1.52. The Kier molecular flexibility index (Phi) is 5.38. The van der Waals surface area contributed by atoms with Gasteiger partial charge in [0.25, 0.3) is 0 Å². The average molecular weight is 237 g/mol. The first kappa shape index (κ1) is 13.9. The van der Waals surface area contributed by atoms with Gasteiger partial charge in [-0.05, 0) is 46.1 Å². The summed E-state index contributed by atoms with van der Waals surface area (Å²) in [4.78, 5) is 8.61.